The van der Waals surface area contributed by atoms with Gasteiger partial charge in [0.2, 0.25) is 11.8 Å². The molecule has 0 saturated heterocycles. The van der Waals surface area contributed by atoms with Gasteiger partial charge in [0, 0.05) is 19.2 Å². The van der Waals surface area contributed by atoms with Crippen molar-refractivity contribution < 1.29 is 10.0 Å². The van der Waals surface area contributed by atoms with Crippen LogP contribution in [-0.2, 0) is 0 Å². The minimum atomic E-state index is -0.464. The lowest BCUT2D eigenvalue weighted by Crippen LogP contribution is -2.42. The van der Waals surface area contributed by atoms with E-state index in [9.17, 15) is 10.1 Å². The molecule has 0 radical (unpaired) electrons. The Morgan fingerprint density at radius 2 is 2.20 bits per heavy atom. The third-order valence-electron chi connectivity index (χ3n) is 3.58. The number of anilines is 2. The zero-order chi connectivity index (χ0) is 14.7. The fourth-order valence-electron chi connectivity index (χ4n) is 2.39. The molecule has 2 rings (SSSR count). The van der Waals surface area contributed by atoms with Crippen molar-refractivity contribution >= 4 is 17.5 Å². The Bertz CT molecular complexity index is 504. The van der Waals surface area contributed by atoms with Gasteiger partial charge in [0.25, 0.3) is 0 Å². The molecule has 1 aliphatic carbocycles. The van der Waals surface area contributed by atoms with E-state index in [1.807, 2.05) is 4.90 Å². The molecule has 0 atom stereocenters. The first-order chi connectivity index (χ1) is 9.54. The van der Waals surface area contributed by atoms with E-state index in [-0.39, 0.29) is 35.8 Å². The monoisotopic (exact) mass is 281 g/mol. The van der Waals surface area contributed by atoms with Crippen LogP contribution in [0.2, 0.25) is 0 Å². The minimum Gasteiger partial charge on any atom is -0.396 e. The Balaban J connectivity index is 2.42. The van der Waals surface area contributed by atoms with Crippen molar-refractivity contribution in [2.75, 3.05) is 23.8 Å². The molecule has 1 fully saturated rings. The fraction of sp³-hybridized carbons (Fsp3) is 0.667. The molecule has 8 nitrogen and oxygen atoms in total. The van der Waals surface area contributed by atoms with Crippen molar-refractivity contribution in [2.45, 2.75) is 38.6 Å². The molecular weight excluding hydrogens is 262 g/mol. The van der Waals surface area contributed by atoms with Crippen molar-refractivity contribution in [1.82, 2.24) is 9.97 Å². The zero-order valence-corrected chi connectivity index (χ0v) is 11.4. The molecule has 1 saturated carbocycles. The maximum absolute atomic E-state index is 11.3. The average Bonchev–Trinajstić information content (AvgIpc) is 2.30. The molecule has 0 aliphatic heterocycles. The summed E-state index contributed by atoms with van der Waals surface area (Å²) in [6.45, 7) is 2.12. The van der Waals surface area contributed by atoms with Gasteiger partial charge in [-0.2, -0.15) is 4.98 Å². The summed E-state index contributed by atoms with van der Waals surface area (Å²) in [6.07, 6.45) is 3.60. The number of nitrogens with zero attached hydrogens (tertiary/aromatic N) is 4. The summed E-state index contributed by atoms with van der Waals surface area (Å²) < 4.78 is 0. The van der Waals surface area contributed by atoms with Crippen molar-refractivity contribution in [3.8, 4) is 0 Å². The number of aromatic nitrogens is 2. The number of nitrogens with two attached hydrogens (primary N) is 1. The van der Waals surface area contributed by atoms with E-state index < -0.39 is 4.92 Å². The summed E-state index contributed by atoms with van der Waals surface area (Å²) in [5.74, 6) is 0.314. The maximum Gasteiger partial charge on any atom is 0.332 e. The molecular formula is C12H19N5O3. The highest BCUT2D eigenvalue weighted by Crippen LogP contribution is 2.35. The molecule has 1 heterocycles. The molecule has 0 amide bonds. The Labute approximate surface area is 116 Å². The normalized spacial score (nSPS) is 14.9. The number of nitrogen functional groups attached to an aromatic ring is 1. The van der Waals surface area contributed by atoms with Gasteiger partial charge in [0.05, 0.1) is 4.92 Å². The average molecular weight is 281 g/mol. The molecule has 0 unspecified atom stereocenters. The van der Waals surface area contributed by atoms with E-state index in [4.69, 9.17) is 10.8 Å². The lowest BCUT2D eigenvalue weighted by atomic mass is 9.91. The molecule has 8 heteroatoms. The smallest absolute Gasteiger partial charge is 0.332 e. The highest BCUT2D eigenvalue weighted by Gasteiger charge is 2.32. The van der Waals surface area contributed by atoms with Crippen LogP contribution in [0, 0.1) is 17.0 Å². The number of aliphatic hydroxyl groups excluding tert-OH is 1. The fourth-order valence-corrected chi connectivity index (χ4v) is 2.39. The van der Waals surface area contributed by atoms with Crippen molar-refractivity contribution in [1.29, 1.82) is 0 Å². The summed E-state index contributed by atoms with van der Waals surface area (Å²) in [6, 6.07) is 0.231. The second-order valence-electron chi connectivity index (χ2n) is 4.95. The largest absolute Gasteiger partial charge is 0.396 e. The number of hydrogen-bond acceptors (Lipinski definition) is 7. The second-order valence-corrected chi connectivity index (χ2v) is 4.95. The Kier molecular flexibility index (Phi) is 4.33. The van der Waals surface area contributed by atoms with Crippen molar-refractivity contribution in [3.05, 3.63) is 15.8 Å². The lowest BCUT2D eigenvalue weighted by molar-refractivity contribution is -0.385. The van der Waals surface area contributed by atoms with E-state index in [1.165, 1.54) is 0 Å². The van der Waals surface area contributed by atoms with Gasteiger partial charge in [-0.3, -0.25) is 10.1 Å². The summed E-state index contributed by atoms with van der Waals surface area (Å²) in [5, 5.41) is 20.3. The van der Waals surface area contributed by atoms with Crippen LogP contribution in [0.3, 0.4) is 0 Å². The molecule has 3 N–H and O–H groups in total. The van der Waals surface area contributed by atoms with Crippen LogP contribution >= 0.6 is 0 Å². The first-order valence-electron chi connectivity index (χ1n) is 6.70. The molecule has 20 heavy (non-hydrogen) atoms. The highest BCUT2D eigenvalue weighted by molar-refractivity contribution is 5.62. The minimum absolute atomic E-state index is 0.0383. The number of nitro groups is 1. The number of aryl methyl sites for hydroxylation is 1. The Morgan fingerprint density at radius 3 is 2.70 bits per heavy atom. The highest BCUT2D eigenvalue weighted by atomic mass is 16.6. The van der Waals surface area contributed by atoms with Crippen molar-refractivity contribution in [3.63, 3.8) is 0 Å². The maximum atomic E-state index is 11.3. The quantitative estimate of drug-likeness (QED) is 0.590. The van der Waals surface area contributed by atoms with Crippen LogP contribution in [0.1, 0.15) is 31.4 Å². The predicted octanol–water partition coefficient (Wildman–Crippen LogP) is 1.02. The van der Waals surface area contributed by atoms with Gasteiger partial charge in [0.15, 0.2) is 0 Å². The first kappa shape index (κ1) is 14.4. The number of rotatable bonds is 6. The predicted molar refractivity (Wildman–Crippen MR) is 74.5 cm³/mol. The molecule has 1 aliphatic rings. The van der Waals surface area contributed by atoms with E-state index in [1.54, 1.807) is 6.92 Å². The van der Waals surface area contributed by atoms with Crippen LogP contribution < -0.4 is 10.6 Å². The van der Waals surface area contributed by atoms with E-state index >= 15 is 0 Å². The third kappa shape index (κ3) is 2.79. The topological polar surface area (TPSA) is 118 Å². The summed E-state index contributed by atoms with van der Waals surface area (Å²) in [5.41, 5.74) is 5.81. The molecule has 0 spiro atoms. The van der Waals surface area contributed by atoms with Crippen LogP contribution in [-0.4, -0.2) is 39.2 Å². The van der Waals surface area contributed by atoms with E-state index in [0.717, 1.165) is 19.3 Å². The Hall–Kier alpha value is -1.96. The van der Waals surface area contributed by atoms with Crippen LogP contribution in [0.15, 0.2) is 0 Å². The van der Waals surface area contributed by atoms with E-state index in [2.05, 4.69) is 9.97 Å². The van der Waals surface area contributed by atoms with Gasteiger partial charge in [0.1, 0.15) is 5.69 Å². The summed E-state index contributed by atoms with van der Waals surface area (Å²) in [4.78, 5) is 20.6. The van der Waals surface area contributed by atoms with Gasteiger partial charge < -0.3 is 15.7 Å². The molecule has 0 aromatic carbocycles. The third-order valence-corrected chi connectivity index (χ3v) is 3.58. The molecule has 110 valence electrons. The lowest BCUT2D eigenvalue weighted by Gasteiger charge is -2.38. The van der Waals surface area contributed by atoms with Gasteiger partial charge in [-0.1, -0.05) is 0 Å². The van der Waals surface area contributed by atoms with Crippen LogP contribution in [0.25, 0.3) is 0 Å². The molecule has 1 aromatic heterocycles. The van der Waals surface area contributed by atoms with E-state index in [0.29, 0.717) is 13.0 Å². The first-order valence-corrected chi connectivity index (χ1v) is 6.70. The summed E-state index contributed by atoms with van der Waals surface area (Å²) in [7, 11) is 0. The number of aliphatic hydroxyl groups is 1. The Morgan fingerprint density at radius 1 is 1.50 bits per heavy atom. The zero-order valence-electron chi connectivity index (χ0n) is 11.4. The second kappa shape index (κ2) is 6.00. The number of hydrogen-bond donors (Lipinski definition) is 2. The van der Waals surface area contributed by atoms with Gasteiger partial charge >= 0.3 is 5.69 Å². The standard InChI is InChI=1S/C12H19N5O3/c1-8-10(17(19)20)11(15-12(13)14-8)16(6-3-7-18)9-4-2-5-9/h9,18H,2-7H2,1H3,(H2,13,14,15). The van der Waals surface area contributed by atoms with Gasteiger partial charge in [-0.25, -0.2) is 4.98 Å². The summed E-state index contributed by atoms with van der Waals surface area (Å²) >= 11 is 0. The molecule has 0 bridgehead atoms. The molecule has 1 aromatic rings. The van der Waals surface area contributed by atoms with Gasteiger partial charge in [-0.15, -0.1) is 0 Å². The SMILES string of the molecule is Cc1nc(N)nc(N(CCCO)C2CCC2)c1[N+](=O)[O-]. The van der Waals surface area contributed by atoms with Gasteiger partial charge in [-0.05, 0) is 32.6 Å². The van der Waals surface area contributed by atoms with Crippen LogP contribution in [0.4, 0.5) is 17.5 Å². The van der Waals surface area contributed by atoms with Crippen molar-refractivity contribution in [2.24, 2.45) is 0 Å². The van der Waals surface area contributed by atoms with Crippen LogP contribution in [0.5, 0.6) is 0 Å².